The molecule has 1 aromatic carbocycles. The molecule has 0 bridgehead atoms. The Morgan fingerprint density at radius 2 is 1.79 bits per heavy atom. The summed E-state index contributed by atoms with van der Waals surface area (Å²) in [5.74, 6) is -0.734. The van der Waals surface area contributed by atoms with Crippen LogP contribution in [0.1, 0.15) is 20.7 Å². The van der Waals surface area contributed by atoms with Crippen LogP contribution in [0.3, 0.4) is 0 Å². The van der Waals surface area contributed by atoms with Gasteiger partial charge in [0, 0.05) is 43.9 Å². The Bertz CT molecular complexity index is 996. The number of ether oxygens (including phenoxy) is 1. The van der Waals surface area contributed by atoms with Crippen molar-refractivity contribution in [3.05, 3.63) is 72.2 Å². The number of carbonyl (C=O) groups is 3. The summed E-state index contributed by atoms with van der Waals surface area (Å²) in [4.78, 5) is 41.5. The van der Waals surface area contributed by atoms with E-state index in [0.717, 1.165) is 0 Å². The van der Waals surface area contributed by atoms with Gasteiger partial charge in [-0.2, -0.15) is 5.10 Å². The number of nitrogens with one attached hydrogen (secondary N) is 1. The highest BCUT2D eigenvalue weighted by molar-refractivity contribution is 5.97. The lowest BCUT2D eigenvalue weighted by Crippen LogP contribution is -2.22. The summed E-state index contributed by atoms with van der Waals surface area (Å²) < 4.78 is 6.57. The summed E-state index contributed by atoms with van der Waals surface area (Å²) in [5.41, 5.74) is 1.22. The number of nitrogens with zero attached hydrogens (tertiary/aromatic N) is 4. The zero-order valence-corrected chi connectivity index (χ0v) is 15.9. The van der Waals surface area contributed by atoms with Gasteiger partial charge in [-0.1, -0.05) is 0 Å². The summed E-state index contributed by atoms with van der Waals surface area (Å²) in [6, 6.07) is 11.4. The van der Waals surface area contributed by atoms with Crippen molar-refractivity contribution >= 4 is 23.5 Å². The summed E-state index contributed by atoms with van der Waals surface area (Å²) in [6.45, 7) is -0.446. The van der Waals surface area contributed by atoms with Crippen LogP contribution in [0.4, 0.5) is 5.69 Å². The molecule has 0 aliphatic carbocycles. The number of hydrogen-bond donors (Lipinski definition) is 1. The number of esters is 1. The van der Waals surface area contributed by atoms with Gasteiger partial charge < -0.3 is 15.0 Å². The van der Waals surface area contributed by atoms with Crippen LogP contribution >= 0.6 is 0 Å². The SMILES string of the molecule is CN(C)C(=O)c1ccc(NC(=O)COC(=O)c2ccc(-n3cccn3)nc2)cc1. The second-order valence-corrected chi connectivity index (χ2v) is 6.26. The fraction of sp³-hybridized carbons (Fsp3) is 0.150. The molecule has 0 fully saturated rings. The predicted octanol–water partition coefficient (Wildman–Crippen LogP) is 1.76. The van der Waals surface area contributed by atoms with Gasteiger partial charge in [-0.05, 0) is 42.5 Å². The number of benzene rings is 1. The first-order chi connectivity index (χ1) is 13.9. The van der Waals surface area contributed by atoms with Crippen LogP contribution in [0.15, 0.2) is 61.1 Å². The molecule has 0 saturated carbocycles. The lowest BCUT2D eigenvalue weighted by Gasteiger charge is -2.11. The van der Waals surface area contributed by atoms with Crippen LogP contribution in [-0.4, -0.2) is 58.2 Å². The highest BCUT2D eigenvalue weighted by atomic mass is 16.5. The maximum absolute atomic E-state index is 12.1. The van der Waals surface area contributed by atoms with Crippen molar-refractivity contribution in [3.8, 4) is 5.82 Å². The number of aromatic nitrogens is 3. The van der Waals surface area contributed by atoms with Gasteiger partial charge >= 0.3 is 5.97 Å². The molecule has 2 heterocycles. The van der Waals surface area contributed by atoms with Gasteiger partial charge in [0.2, 0.25) is 0 Å². The van der Waals surface area contributed by atoms with Crippen molar-refractivity contribution in [2.75, 3.05) is 26.0 Å². The normalized spacial score (nSPS) is 10.3. The molecule has 9 heteroatoms. The lowest BCUT2D eigenvalue weighted by molar-refractivity contribution is -0.119. The molecule has 0 aliphatic rings. The van der Waals surface area contributed by atoms with E-state index >= 15 is 0 Å². The van der Waals surface area contributed by atoms with Crippen molar-refractivity contribution < 1.29 is 19.1 Å². The zero-order valence-electron chi connectivity index (χ0n) is 15.9. The lowest BCUT2D eigenvalue weighted by atomic mass is 10.2. The second kappa shape index (κ2) is 8.79. The molecule has 2 amide bonds. The number of carbonyl (C=O) groups excluding carboxylic acids is 3. The minimum atomic E-state index is -0.661. The Balaban J connectivity index is 1.51. The van der Waals surface area contributed by atoms with E-state index in [2.05, 4.69) is 15.4 Å². The number of hydrogen-bond acceptors (Lipinski definition) is 6. The maximum Gasteiger partial charge on any atom is 0.340 e. The van der Waals surface area contributed by atoms with E-state index in [-0.39, 0.29) is 11.5 Å². The number of amides is 2. The fourth-order valence-corrected chi connectivity index (χ4v) is 2.41. The maximum atomic E-state index is 12.1. The molecule has 0 unspecified atom stereocenters. The fourth-order valence-electron chi connectivity index (χ4n) is 2.41. The molecule has 148 valence electrons. The van der Waals surface area contributed by atoms with Crippen molar-refractivity contribution in [1.29, 1.82) is 0 Å². The van der Waals surface area contributed by atoms with Crippen LogP contribution in [0.5, 0.6) is 0 Å². The molecule has 0 aliphatic heterocycles. The minimum Gasteiger partial charge on any atom is -0.452 e. The molecule has 0 saturated heterocycles. The third kappa shape index (κ3) is 5.04. The first-order valence-electron chi connectivity index (χ1n) is 8.69. The van der Waals surface area contributed by atoms with Crippen molar-refractivity contribution in [2.45, 2.75) is 0 Å². The molecule has 9 nitrogen and oxygen atoms in total. The summed E-state index contributed by atoms with van der Waals surface area (Å²) in [7, 11) is 3.32. The van der Waals surface area contributed by atoms with E-state index in [1.807, 2.05) is 0 Å². The molecular formula is C20H19N5O4. The van der Waals surface area contributed by atoms with E-state index in [1.54, 1.807) is 73.6 Å². The number of rotatable bonds is 6. The van der Waals surface area contributed by atoms with Gasteiger partial charge in [-0.25, -0.2) is 14.5 Å². The quantitative estimate of drug-likeness (QED) is 0.640. The number of pyridine rings is 1. The van der Waals surface area contributed by atoms with Crippen LogP contribution in [0, 0.1) is 0 Å². The van der Waals surface area contributed by atoms with Gasteiger partial charge in [0.25, 0.3) is 11.8 Å². The van der Waals surface area contributed by atoms with Crippen LogP contribution in [-0.2, 0) is 9.53 Å². The van der Waals surface area contributed by atoms with Gasteiger partial charge in [0.05, 0.1) is 5.56 Å². The van der Waals surface area contributed by atoms with Crippen molar-refractivity contribution in [2.24, 2.45) is 0 Å². The van der Waals surface area contributed by atoms with Crippen molar-refractivity contribution in [1.82, 2.24) is 19.7 Å². The zero-order chi connectivity index (χ0) is 20.8. The van der Waals surface area contributed by atoms with E-state index in [9.17, 15) is 14.4 Å². The highest BCUT2D eigenvalue weighted by Crippen LogP contribution is 2.11. The third-order valence-corrected chi connectivity index (χ3v) is 3.88. The molecule has 0 atom stereocenters. The largest absolute Gasteiger partial charge is 0.452 e. The van der Waals surface area contributed by atoms with E-state index in [4.69, 9.17) is 4.74 Å². The summed E-state index contributed by atoms with van der Waals surface area (Å²) >= 11 is 0. The van der Waals surface area contributed by atoms with E-state index in [1.165, 1.54) is 11.1 Å². The molecule has 0 radical (unpaired) electrons. The van der Waals surface area contributed by atoms with Gasteiger partial charge in [-0.15, -0.1) is 0 Å². The van der Waals surface area contributed by atoms with Gasteiger partial charge in [0.1, 0.15) is 0 Å². The monoisotopic (exact) mass is 393 g/mol. The topological polar surface area (TPSA) is 106 Å². The average Bonchev–Trinajstić information content (AvgIpc) is 3.27. The van der Waals surface area contributed by atoms with E-state index < -0.39 is 18.5 Å². The Kier molecular flexibility index (Phi) is 5.98. The minimum absolute atomic E-state index is 0.135. The Morgan fingerprint density at radius 1 is 1.07 bits per heavy atom. The standard InChI is InChI=1S/C20H19N5O4/c1-24(2)19(27)14-4-7-16(8-5-14)23-18(26)13-29-20(28)15-6-9-17(21-12-15)25-11-3-10-22-25/h3-12H,13H2,1-2H3,(H,23,26). The first-order valence-corrected chi connectivity index (χ1v) is 8.69. The van der Waals surface area contributed by atoms with Gasteiger partial charge in [0.15, 0.2) is 12.4 Å². The Hall–Kier alpha value is -4.01. The molecule has 0 spiro atoms. The van der Waals surface area contributed by atoms with E-state index in [0.29, 0.717) is 17.1 Å². The Morgan fingerprint density at radius 3 is 2.38 bits per heavy atom. The molecule has 2 aromatic heterocycles. The third-order valence-electron chi connectivity index (χ3n) is 3.88. The Labute approximate surface area is 166 Å². The van der Waals surface area contributed by atoms with Crippen LogP contribution < -0.4 is 5.32 Å². The highest BCUT2D eigenvalue weighted by Gasteiger charge is 2.12. The van der Waals surface area contributed by atoms with Gasteiger partial charge in [-0.3, -0.25) is 9.59 Å². The van der Waals surface area contributed by atoms with Crippen LogP contribution in [0.2, 0.25) is 0 Å². The molecule has 1 N–H and O–H groups in total. The molecular weight excluding hydrogens is 374 g/mol. The molecule has 3 aromatic rings. The average molecular weight is 393 g/mol. The van der Waals surface area contributed by atoms with Crippen LogP contribution in [0.25, 0.3) is 5.82 Å². The second-order valence-electron chi connectivity index (χ2n) is 6.26. The molecule has 29 heavy (non-hydrogen) atoms. The number of anilines is 1. The first kappa shape index (κ1) is 19.7. The summed E-state index contributed by atoms with van der Waals surface area (Å²) in [5, 5.41) is 6.65. The molecule has 3 rings (SSSR count). The summed E-state index contributed by atoms with van der Waals surface area (Å²) in [6.07, 6.45) is 4.71. The smallest absolute Gasteiger partial charge is 0.340 e. The predicted molar refractivity (Wildman–Crippen MR) is 105 cm³/mol. The van der Waals surface area contributed by atoms with Crippen molar-refractivity contribution in [3.63, 3.8) is 0 Å².